The van der Waals surface area contributed by atoms with Crippen LogP contribution in [0.2, 0.25) is 0 Å². The highest BCUT2D eigenvalue weighted by Gasteiger charge is 2.14. The van der Waals surface area contributed by atoms with Gasteiger partial charge in [0.1, 0.15) is 11.9 Å². The molecule has 108 valence electrons. The zero-order valence-corrected chi connectivity index (χ0v) is 12.1. The van der Waals surface area contributed by atoms with Crippen molar-refractivity contribution in [2.24, 2.45) is 5.11 Å². The third-order valence-corrected chi connectivity index (χ3v) is 3.41. The molecule has 0 aliphatic heterocycles. The van der Waals surface area contributed by atoms with Gasteiger partial charge in [0.15, 0.2) is 0 Å². The molecule has 0 saturated heterocycles. The van der Waals surface area contributed by atoms with Gasteiger partial charge in [0, 0.05) is 16.0 Å². The summed E-state index contributed by atoms with van der Waals surface area (Å²) in [6.45, 7) is 0. The molecular weight excluding hydrogens is 286 g/mol. The van der Waals surface area contributed by atoms with E-state index in [1.54, 1.807) is 0 Å². The van der Waals surface area contributed by atoms with E-state index >= 15 is 0 Å². The molecule has 0 bridgehead atoms. The van der Waals surface area contributed by atoms with E-state index in [0.717, 1.165) is 11.1 Å². The summed E-state index contributed by atoms with van der Waals surface area (Å²) in [4.78, 5) is 7.14. The highest BCUT2D eigenvalue weighted by atomic mass is 15.2. The highest BCUT2D eigenvalue weighted by Crippen LogP contribution is 2.33. The minimum absolute atomic E-state index is 0.0928. The van der Waals surface area contributed by atoms with Gasteiger partial charge in [-0.1, -0.05) is 60.7 Å². The van der Waals surface area contributed by atoms with Crippen molar-refractivity contribution in [3.05, 3.63) is 82.7 Å². The van der Waals surface area contributed by atoms with E-state index in [1.807, 2.05) is 66.7 Å². The van der Waals surface area contributed by atoms with Crippen LogP contribution < -0.4 is 0 Å². The first-order valence-electron chi connectivity index (χ1n) is 6.94. The maximum atomic E-state index is 9.48. The van der Waals surface area contributed by atoms with Crippen molar-refractivity contribution in [1.29, 1.82) is 5.26 Å². The zero-order valence-electron chi connectivity index (χ0n) is 12.1. The number of benzene rings is 2. The maximum absolute atomic E-state index is 9.48. The Morgan fingerprint density at radius 3 is 2.13 bits per heavy atom. The van der Waals surface area contributed by atoms with Crippen LogP contribution in [-0.2, 0) is 0 Å². The van der Waals surface area contributed by atoms with Gasteiger partial charge in [-0.05, 0) is 22.3 Å². The predicted octanol–water partition coefficient (Wildman–Crippen LogP) is 5.23. The number of nitriles is 1. The SMILES string of the molecule is N#Cc1c(-c2ccccc2)cc(-c2ccccc2)nc1N=[N+]=[N-]. The van der Waals surface area contributed by atoms with E-state index < -0.39 is 0 Å². The van der Waals surface area contributed by atoms with E-state index in [0.29, 0.717) is 11.3 Å². The Labute approximate surface area is 133 Å². The summed E-state index contributed by atoms with van der Waals surface area (Å²) in [5, 5.41) is 13.1. The Morgan fingerprint density at radius 2 is 1.57 bits per heavy atom. The van der Waals surface area contributed by atoms with E-state index in [-0.39, 0.29) is 11.4 Å². The molecular formula is C18H11N5. The maximum Gasteiger partial charge on any atom is 0.145 e. The molecule has 0 spiro atoms. The number of nitrogens with zero attached hydrogens (tertiary/aromatic N) is 5. The number of hydrogen-bond acceptors (Lipinski definition) is 3. The second kappa shape index (κ2) is 6.44. The Bertz CT molecular complexity index is 921. The summed E-state index contributed by atoms with van der Waals surface area (Å²) in [7, 11) is 0. The molecule has 5 nitrogen and oxygen atoms in total. The van der Waals surface area contributed by atoms with Crippen molar-refractivity contribution in [2.75, 3.05) is 0 Å². The molecule has 3 rings (SSSR count). The third kappa shape index (κ3) is 2.88. The second-order valence-corrected chi connectivity index (χ2v) is 4.79. The Hall–Kier alpha value is -3.61. The summed E-state index contributed by atoms with van der Waals surface area (Å²) in [6, 6.07) is 23.0. The first-order valence-corrected chi connectivity index (χ1v) is 6.94. The van der Waals surface area contributed by atoms with Gasteiger partial charge in [-0.15, -0.1) is 0 Å². The minimum Gasteiger partial charge on any atom is -0.245 e. The lowest BCUT2D eigenvalue weighted by Gasteiger charge is -2.10. The lowest BCUT2D eigenvalue weighted by molar-refractivity contribution is 1.24. The van der Waals surface area contributed by atoms with Crippen LogP contribution in [0.15, 0.2) is 71.8 Å². The lowest BCUT2D eigenvalue weighted by atomic mass is 9.98. The zero-order chi connectivity index (χ0) is 16.1. The van der Waals surface area contributed by atoms with Crippen LogP contribution in [0.25, 0.3) is 32.8 Å². The van der Waals surface area contributed by atoms with Gasteiger partial charge in [0.05, 0.1) is 11.3 Å². The van der Waals surface area contributed by atoms with Gasteiger partial charge in [0.2, 0.25) is 0 Å². The standard InChI is InChI=1S/C18H11N5/c19-12-16-15(13-7-3-1-4-8-13)11-17(21-18(16)22-23-20)14-9-5-2-6-10-14/h1-11H. The van der Waals surface area contributed by atoms with E-state index in [4.69, 9.17) is 5.53 Å². The van der Waals surface area contributed by atoms with E-state index in [2.05, 4.69) is 21.1 Å². The van der Waals surface area contributed by atoms with Gasteiger partial charge in [-0.25, -0.2) is 4.98 Å². The van der Waals surface area contributed by atoms with Crippen LogP contribution >= 0.6 is 0 Å². The van der Waals surface area contributed by atoms with Crippen molar-refractivity contribution in [3.63, 3.8) is 0 Å². The molecule has 0 N–H and O–H groups in total. The fraction of sp³-hybridized carbons (Fsp3) is 0. The van der Waals surface area contributed by atoms with Crippen molar-refractivity contribution < 1.29 is 0 Å². The first-order chi connectivity index (χ1) is 11.3. The molecule has 0 saturated carbocycles. The number of azide groups is 1. The monoisotopic (exact) mass is 297 g/mol. The molecule has 0 radical (unpaired) electrons. The third-order valence-electron chi connectivity index (χ3n) is 3.41. The fourth-order valence-corrected chi connectivity index (χ4v) is 2.36. The van der Waals surface area contributed by atoms with Gasteiger partial charge in [0.25, 0.3) is 0 Å². The van der Waals surface area contributed by atoms with Crippen LogP contribution in [-0.4, -0.2) is 4.98 Å². The van der Waals surface area contributed by atoms with Crippen LogP contribution in [0.4, 0.5) is 5.82 Å². The molecule has 0 amide bonds. The normalized spacial score (nSPS) is 9.70. The molecule has 0 unspecified atom stereocenters. The summed E-state index contributed by atoms with van der Waals surface area (Å²) in [6.07, 6.45) is 0. The topological polar surface area (TPSA) is 85.4 Å². The minimum atomic E-state index is 0.0928. The van der Waals surface area contributed by atoms with Crippen molar-refractivity contribution in [3.8, 4) is 28.5 Å². The molecule has 1 aromatic heterocycles. The number of pyridine rings is 1. The van der Waals surface area contributed by atoms with E-state index in [9.17, 15) is 5.26 Å². The summed E-state index contributed by atoms with van der Waals surface area (Å²) in [5.41, 5.74) is 12.2. The molecule has 0 atom stereocenters. The molecule has 1 heterocycles. The molecule has 0 aliphatic rings. The molecule has 2 aromatic carbocycles. The van der Waals surface area contributed by atoms with Crippen LogP contribution in [0.5, 0.6) is 0 Å². The Morgan fingerprint density at radius 1 is 0.957 bits per heavy atom. The molecule has 5 heteroatoms. The highest BCUT2D eigenvalue weighted by molar-refractivity contribution is 5.79. The predicted molar refractivity (Wildman–Crippen MR) is 88.6 cm³/mol. The lowest BCUT2D eigenvalue weighted by Crippen LogP contribution is -1.92. The number of aromatic nitrogens is 1. The molecule has 23 heavy (non-hydrogen) atoms. The first kappa shape index (κ1) is 14.3. The van der Waals surface area contributed by atoms with Crippen LogP contribution in [0.1, 0.15) is 5.56 Å². The Kier molecular flexibility index (Phi) is 4.01. The van der Waals surface area contributed by atoms with Crippen molar-refractivity contribution in [1.82, 2.24) is 4.98 Å². The fourth-order valence-electron chi connectivity index (χ4n) is 2.36. The molecule has 0 fully saturated rings. The molecule has 3 aromatic rings. The summed E-state index contributed by atoms with van der Waals surface area (Å²) < 4.78 is 0. The van der Waals surface area contributed by atoms with Crippen LogP contribution in [0.3, 0.4) is 0 Å². The number of hydrogen-bond donors (Lipinski definition) is 0. The molecule has 0 aliphatic carbocycles. The van der Waals surface area contributed by atoms with Gasteiger partial charge >= 0.3 is 0 Å². The summed E-state index contributed by atoms with van der Waals surface area (Å²) >= 11 is 0. The summed E-state index contributed by atoms with van der Waals surface area (Å²) in [5.74, 6) is 0.0928. The Balaban J connectivity index is 2.31. The van der Waals surface area contributed by atoms with Gasteiger partial charge < -0.3 is 0 Å². The quantitative estimate of drug-likeness (QED) is 0.376. The van der Waals surface area contributed by atoms with Gasteiger partial charge in [-0.3, -0.25) is 0 Å². The van der Waals surface area contributed by atoms with E-state index in [1.165, 1.54) is 0 Å². The largest absolute Gasteiger partial charge is 0.245 e. The average Bonchev–Trinajstić information content (AvgIpc) is 2.63. The van der Waals surface area contributed by atoms with Crippen LogP contribution in [0, 0.1) is 11.3 Å². The smallest absolute Gasteiger partial charge is 0.145 e. The van der Waals surface area contributed by atoms with Gasteiger partial charge in [-0.2, -0.15) is 5.26 Å². The number of rotatable bonds is 3. The van der Waals surface area contributed by atoms with Crippen molar-refractivity contribution >= 4 is 5.82 Å². The second-order valence-electron chi connectivity index (χ2n) is 4.79. The average molecular weight is 297 g/mol. The van der Waals surface area contributed by atoms with Crippen molar-refractivity contribution in [2.45, 2.75) is 0 Å².